The van der Waals surface area contributed by atoms with Crippen LogP contribution in [0.15, 0.2) is 36.4 Å². The van der Waals surface area contributed by atoms with Gasteiger partial charge in [0.25, 0.3) is 5.91 Å². The third-order valence-electron chi connectivity index (χ3n) is 2.56. The Labute approximate surface area is 109 Å². The molecule has 2 rings (SSSR count). The van der Waals surface area contributed by atoms with Gasteiger partial charge in [0, 0.05) is 11.3 Å². The third-order valence-corrected chi connectivity index (χ3v) is 2.56. The second-order valence-corrected chi connectivity index (χ2v) is 4.21. The van der Waals surface area contributed by atoms with Crippen LogP contribution >= 0.6 is 0 Å². The zero-order valence-corrected chi connectivity index (χ0v) is 10.2. The van der Waals surface area contributed by atoms with Crippen LogP contribution in [0.2, 0.25) is 0 Å². The summed E-state index contributed by atoms with van der Waals surface area (Å²) in [6, 6.07) is 7.88. The van der Waals surface area contributed by atoms with Gasteiger partial charge in [0.1, 0.15) is 11.6 Å². The van der Waals surface area contributed by atoms with Gasteiger partial charge in [0.15, 0.2) is 0 Å². The average Bonchev–Trinajstić information content (AvgIpc) is 2.31. The largest absolute Gasteiger partial charge is 0.399 e. The molecule has 0 aliphatic heterocycles. The number of aryl methyl sites for hydroxylation is 1. The van der Waals surface area contributed by atoms with E-state index >= 15 is 0 Å². The highest BCUT2D eigenvalue weighted by atomic mass is 19.1. The van der Waals surface area contributed by atoms with Gasteiger partial charge in [-0.1, -0.05) is 6.07 Å². The molecule has 0 saturated heterocycles. The molecule has 98 valence electrons. The molecule has 0 saturated carbocycles. The molecule has 0 aliphatic carbocycles. The highest BCUT2D eigenvalue weighted by Crippen LogP contribution is 2.17. The van der Waals surface area contributed by atoms with Crippen molar-refractivity contribution < 1.29 is 13.6 Å². The number of rotatable bonds is 2. The first-order chi connectivity index (χ1) is 8.95. The maximum absolute atomic E-state index is 13.6. The summed E-state index contributed by atoms with van der Waals surface area (Å²) in [4.78, 5) is 11.9. The Morgan fingerprint density at radius 2 is 1.89 bits per heavy atom. The quantitative estimate of drug-likeness (QED) is 0.817. The SMILES string of the molecule is Cc1ccc(NC(=O)c2cc(N)cc(F)c2)c(F)c1. The molecule has 0 atom stereocenters. The zero-order valence-electron chi connectivity index (χ0n) is 10.2. The van der Waals surface area contributed by atoms with Crippen molar-refractivity contribution in [2.75, 3.05) is 11.1 Å². The van der Waals surface area contributed by atoms with E-state index in [9.17, 15) is 13.6 Å². The Morgan fingerprint density at radius 1 is 1.16 bits per heavy atom. The van der Waals surface area contributed by atoms with Crippen LogP contribution in [0, 0.1) is 18.6 Å². The lowest BCUT2D eigenvalue weighted by Gasteiger charge is -2.07. The second kappa shape index (κ2) is 5.06. The zero-order chi connectivity index (χ0) is 14.0. The van der Waals surface area contributed by atoms with Crippen LogP contribution in [0.25, 0.3) is 0 Å². The van der Waals surface area contributed by atoms with Crippen LogP contribution in [-0.2, 0) is 0 Å². The molecule has 2 aromatic carbocycles. The molecule has 19 heavy (non-hydrogen) atoms. The minimum absolute atomic E-state index is 0.0393. The van der Waals surface area contributed by atoms with E-state index in [2.05, 4.69) is 5.32 Å². The van der Waals surface area contributed by atoms with E-state index in [1.54, 1.807) is 13.0 Å². The maximum Gasteiger partial charge on any atom is 0.255 e. The molecule has 0 aliphatic rings. The Kier molecular flexibility index (Phi) is 3.46. The van der Waals surface area contributed by atoms with Gasteiger partial charge in [0.05, 0.1) is 5.69 Å². The maximum atomic E-state index is 13.6. The monoisotopic (exact) mass is 262 g/mol. The molecule has 5 heteroatoms. The Hall–Kier alpha value is -2.43. The smallest absolute Gasteiger partial charge is 0.255 e. The van der Waals surface area contributed by atoms with Crippen molar-refractivity contribution in [3.63, 3.8) is 0 Å². The second-order valence-electron chi connectivity index (χ2n) is 4.21. The summed E-state index contributed by atoms with van der Waals surface area (Å²) in [6.07, 6.45) is 0. The summed E-state index contributed by atoms with van der Waals surface area (Å²) in [5, 5.41) is 2.37. The molecular formula is C14H12F2N2O. The first-order valence-corrected chi connectivity index (χ1v) is 5.59. The summed E-state index contributed by atoms with van der Waals surface area (Å²) in [7, 11) is 0. The minimum atomic E-state index is -0.617. The fourth-order valence-electron chi connectivity index (χ4n) is 1.66. The number of anilines is 2. The Balaban J connectivity index is 2.25. The standard InChI is InChI=1S/C14H12F2N2O/c1-8-2-3-13(12(16)4-8)18-14(19)9-5-10(15)7-11(17)6-9/h2-7H,17H2,1H3,(H,18,19). The van der Waals surface area contributed by atoms with Crippen LogP contribution in [0.5, 0.6) is 0 Å². The van der Waals surface area contributed by atoms with Crippen molar-refractivity contribution in [2.24, 2.45) is 0 Å². The van der Waals surface area contributed by atoms with Gasteiger partial charge >= 0.3 is 0 Å². The van der Waals surface area contributed by atoms with Crippen molar-refractivity contribution >= 4 is 17.3 Å². The summed E-state index contributed by atoms with van der Waals surface area (Å²) in [5.41, 5.74) is 6.40. The molecule has 0 unspecified atom stereocenters. The highest BCUT2D eigenvalue weighted by molar-refractivity contribution is 6.04. The van der Waals surface area contributed by atoms with Gasteiger partial charge < -0.3 is 11.1 Å². The lowest BCUT2D eigenvalue weighted by Crippen LogP contribution is -2.13. The van der Waals surface area contributed by atoms with Gasteiger partial charge in [-0.05, 0) is 42.8 Å². The fourth-order valence-corrected chi connectivity index (χ4v) is 1.66. The lowest BCUT2D eigenvalue weighted by atomic mass is 10.1. The number of carbonyl (C=O) groups excluding carboxylic acids is 1. The van der Waals surface area contributed by atoms with E-state index in [0.717, 1.165) is 17.7 Å². The van der Waals surface area contributed by atoms with E-state index in [-0.39, 0.29) is 16.9 Å². The van der Waals surface area contributed by atoms with Gasteiger partial charge in [-0.15, -0.1) is 0 Å². The molecule has 2 aromatic rings. The number of halogens is 2. The number of hydrogen-bond donors (Lipinski definition) is 2. The summed E-state index contributed by atoms with van der Waals surface area (Å²) >= 11 is 0. The molecule has 3 nitrogen and oxygen atoms in total. The Bertz CT molecular complexity index is 621. The normalized spacial score (nSPS) is 10.3. The fraction of sp³-hybridized carbons (Fsp3) is 0.0714. The van der Waals surface area contributed by atoms with Crippen LogP contribution < -0.4 is 11.1 Å². The number of nitrogens with one attached hydrogen (secondary N) is 1. The molecule has 0 heterocycles. The number of nitrogens with two attached hydrogens (primary N) is 1. The van der Waals surface area contributed by atoms with Crippen molar-refractivity contribution in [1.29, 1.82) is 0 Å². The molecule has 1 amide bonds. The van der Waals surface area contributed by atoms with Crippen LogP contribution in [0.3, 0.4) is 0 Å². The summed E-state index contributed by atoms with van der Waals surface area (Å²) < 4.78 is 26.7. The summed E-state index contributed by atoms with van der Waals surface area (Å²) in [5.74, 6) is -1.78. The molecule has 0 fully saturated rings. The third kappa shape index (κ3) is 3.07. The predicted octanol–water partition coefficient (Wildman–Crippen LogP) is 3.11. The first-order valence-electron chi connectivity index (χ1n) is 5.59. The molecule has 0 radical (unpaired) electrons. The van der Waals surface area contributed by atoms with E-state index in [0.29, 0.717) is 0 Å². The number of carbonyl (C=O) groups is 1. The van der Waals surface area contributed by atoms with E-state index in [4.69, 9.17) is 5.73 Å². The predicted molar refractivity (Wildman–Crippen MR) is 69.9 cm³/mol. The summed E-state index contributed by atoms with van der Waals surface area (Å²) in [6.45, 7) is 1.74. The average molecular weight is 262 g/mol. The lowest BCUT2D eigenvalue weighted by molar-refractivity contribution is 0.102. The van der Waals surface area contributed by atoms with E-state index < -0.39 is 17.5 Å². The van der Waals surface area contributed by atoms with Crippen LogP contribution in [-0.4, -0.2) is 5.91 Å². The molecule has 0 aromatic heterocycles. The first kappa shape index (κ1) is 13.0. The molecule has 0 bridgehead atoms. The van der Waals surface area contributed by atoms with Gasteiger partial charge in [0.2, 0.25) is 0 Å². The van der Waals surface area contributed by atoms with Gasteiger partial charge in [-0.25, -0.2) is 8.78 Å². The van der Waals surface area contributed by atoms with Crippen molar-refractivity contribution in [2.45, 2.75) is 6.92 Å². The molecular weight excluding hydrogens is 250 g/mol. The topological polar surface area (TPSA) is 55.1 Å². The van der Waals surface area contributed by atoms with Crippen molar-refractivity contribution in [3.8, 4) is 0 Å². The van der Waals surface area contributed by atoms with E-state index in [1.807, 2.05) is 0 Å². The van der Waals surface area contributed by atoms with Crippen LogP contribution in [0.1, 0.15) is 15.9 Å². The van der Waals surface area contributed by atoms with Gasteiger partial charge in [-0.3, -0.25) is 4.79 Å². The number of hydrogen-bond acceptors (Lipinski definition) is 2. The highest BCUT2D eigenvalue weighted by Gasteiger charge is 2.11. The number of amides is 1. The minimum Gasteiger partial charge on any atom is -0.399 e. The van der Waals surface area contributed by atoms with Crippen LogP contribution in [0.4, 0.5) is 20.2 Å². The Morgan fingerprint density at radius 3 is 2.53 bits per heavy atom. The van der Waals surface area contributed by atoms with E-state index in [1.165, 1.54) is 18.2 Å². The van der Waals surface area contributed by atoms with Crippen molar-refractivity contribution in [3.05, 3.63) is 59.2 Å². The van der Waals surface area contributed by atoms with Gasteiger partial charge in [-0.2, -0.15) is 0 Å². The molecule has 3 N–H and O–H groups in total. The number of nitrogen functional groups attached to an aromatic ring is 1. The molecule has 0 spiro atoms. The van der Waals surface area contributed by atoms with Crippen molar-refractivity contribution in [1.82, 2.24) is 0 Å². The number of benzene rings is 2.